The van der Waals surface area contributed by atoms with Crippen molar-refractivity contribution in [1.29, 1.82) is 0 Å². The summed E-state index contributed by atoms with van der Waals surface area (Å²) in [6.45, 7) is 2.96. The monoisotopic (exact) mass is 324 g/mol. The fraction of sp³-hybridized carbons (Fsp3) is 0.235. The number of nitrogens with zero attached hydrogens (tertiary/aromatic N) is 3. The number of benzene rings is 1. The number of phenolic OH excluding ortho intramolecular Hbond substituents is 1. The highest BCUT2D eigenvalue weighted by atomic mass is 16.5. The Morgan fingerprint density at radius 3 is 2.88 bits per heavy atom. The van der Waals surface area contributed by atoms with E-state index in [9.17, 15) is 9.90 Å². The van der Waals surface area contributed by atoms with E-state index in [-0.39, 0.29) is 16.8 Å². The first-order valence-electron chi connectivity index (χ1n) is 7.73. The molecule has 1 aliphatic heterocycles. The highest BCUT2D eigenvalue weighted by Gasteiger charge is 2.14. The van der Waals surface area contributed by atoms with Gasteiger partial charge in [-0.2, -0.15) is 0 Å². The number of anilines is 1. The minimum atomic E-state index is -0.290. The predicted octanol–water partition coefficient (Wildman–Crippen LogP) is 1.53. The first kappa shape index (κ1) is 14.6. The molecule has 0 bridgehead atoms. The minimum absolute atomic E-state index is 0.0350. The molecule has 7 heteroatoms. The van der Waals surface area contributed by atoms with Crippen molar-refractivity contribution in [2.45, 2.75) is 0 Å². The van der Waals surface area contributed by atoms with Crippen LogP contribution in [0, 0.1) is 0 Å². The summed E-state index contributed by atoms with van der Waals surface area (Å²) in [6, 6.07) is 9.01. The molecule has 0 radical (unpaired) electrons. The van der Waals surface area contributed by atoms with Crippen molar-refractivity contribution in [3.05, 3.63) is 47.0 Å². The molecule has 2 N–H and O–H groups in total. The number of morpholine rings is 1. The lowest BCUT2D eigenvalue weighted by molar-refractivity contribution is 0.122. The Morgan fingerprint density at radius 2 is 2.04 bits per heavy atom. The summed E-state index contributed by atoms with van der Waals surface area (Å²) in [7, 11) is 0. The average molecular weight is 324 g/mol. The van der Waals surface area contributed by atoms with Gasteiger partial charge in [0.15, 0.2) is 0 Å². The molecule has 2 aromatic heterocycles. The van der Waals surface area contributed by atoms with E-state index in [4.69, 9.17) is 4.74 Å². The Morgan fingerprint density at radius 1 is 1.21 bits per heavy atom. The van der Waals surface area contributed by atoms with Crippen LogP contribution in [0.15, 0.2) is 41.5 Å². The van der Waals surface area contributed by atoms with Crippen LogP contribution in [0.2, 0.25) is 0 Å². The van der Waals surface area contributed by atoms with Gasteiger partial charge >= 0.3 is 0 Å². The van der Waals surface area contributed by atoms with Gasteiger partial charge in [-0.15, -0.1) is 0 Å². The second-order valence-corrected chi connectivity index (χ2v) is 5.60. The molecule has 1 aliphatic rings. The number of aromatic nitrogens is 3. The third-order valence-electron chi connectivity index (χ3n) is 4.09. The second-order valence-electron chi connectivity index (χ2n) is 5.60. The Labute approximate surface area is 137 Å². The molecule has 24 heavy (non-hydrogen) atoms. The molecule has 0 atom stereocenters. The lowest BCUT2D eigenvalue weighted by atomic mass is 10.1. The normalized spacial score (nSPS) is 14.9. The third-order valence-corrected chi connectivity index (χ3v) is 4.09. The molecule has 3 heterocycles. The van der Waals surface area contributed by atoms with Gasteiger partial charge < -0.3 is 19.7 Å². The topological polar surface area (TPSA) is 91.3 Å². The summed E-state index contributed by atoms with van der Waals surface area (Å²) in [5.41, 5.74) is 1.36. The summed E-state index contributed by atoms with van der Waals surface area (Å²) in [6.07, 6.45) is 1.28. The van der Waals surface area contributed by atoms with Crippen LogP contribution in [0.5, 0.6) is 5.75 Å². The molecular formula is C17H16N4O3. The van der Waals surface area contributed by atoms with E-state index in [1.807, 2.05) is 18.2 Å². The largest absolute Gasteiger partial charge is 0.506 e. The smallest absolute Gasteiger partial charge is 0.258 e. The average Bonchev–Trinajstić information content (AvgIpc) is 2.63. The van der Waals surface area contributed by atoms with Crippen LogP contribution in [0.3, 0.4) is 0 Å². The Kier molecular flexibility index (Phi) is 3.62. The van der Waals surface area contributed by atoms with Gasteiger partial charge in [0.05, 0.1) is 30.6 Å². The van der Waals surface area contributed by atoms with Gasteiger partial charge in [-0.1, -0.05) is 6.07 Å². The molecule has 0 amide bonds. The van der Waals surface area contributed by atoms with E-state index in [1.54, 1.807) is 12.1 Å². The number of ether oxygens (including phenoxy) is 1. The van der Waals surface area contributed by atoms with E-state index in [0.717, 1.165) is 18.9 Å². The van der Waals surface area contributed by atoms with E-state index >= 15 is 0 Å². The Balaban J connectivity index is 1.80. The number of H-pyrrole nitrogens is 1. The van der Waals surface area contributed by atoms with Crippen LogP contribution in [0.1, 0.15) is 0 Å². The fourth-order valence-corrected chi connectivity index (χ4v) is 2.86. The quantitative estimate of drug-likeness (QED) is 0.743. The molecule has 4 rings (SSSR count). The molecule has 1 aromatic carbocycles. The van der Waals surface area contributed by atoms with Gasteiger partial charge in [0.2, 0.25) is 0 Å². The number of pyridine rings is 1. The minimum Gasteiger partial charge on any atom is -0.506 e. The molecule has 3 aromatic rings. The van der Waals surface area contributed by atoms with Crippen LogP contribution < -0.4 is 10.5 Å². The number of nitrogens with one attached hydrogen (secondary N) is 1. The zero-order valence-corrected chi connectivity index (χ0v) is 12.9. The van der Waals surface area contributed by atoms with Crippen molar-refractivity contribution < 1.29 is 9.84 Å². The fourth-order valence-electron chi connectivity index (χ4n) is 2.86. The van der Waals surface area contributed by atoms with Crippen LogP contribution in [-0.2, 0) is 4.74 Å². The highest BCUT2D eigenvalue weighted by molar-refractivity contribution is 5.88. The van der Waals surface area contributed by atoms with E-state index < -0.39 is 0 Å². The molecule has 0 spiro atoms. The maximum atomic E-state index is 12.0. The number of hydrogen-bond donors (Lipinski definition) is 2. The molecule has 0 unspecified atom stereocenters. The molecule has 0 saturated carbocycles. The number of aromatic amines is 1. The molecule has 122 valence electrons. The van der Waals surface area contributed by atoms with E-state index in [0.29, 0.717) is 29.9 Å². The summed E-state index contributed by atoms with van der Waals surface area (Å²) >= 11 is 0. The van der Waals surface area contributed by atoms with Crippen molar-refractivity contribution in [2.75, 3.05) is 31.2 Å². The van der Waals surface area contributed by atoms with Crippen molar-refractivity contribution in [3.8, 4) is 17.0 Å². The van der Waals surface area contributed by atoms with Gasteiger partial charge in [-0.05, 0) is 24.3 Å². The summed E-state index contributed by atoms with van der Waals surface area (Å²) in [5, 5.41) is 10.5. The maximum absolute atomic E-state index is 12.0. The van der Waals surface area contributed by atoms with Gasteiger partial charge in [-0.3, -0.25) is 4.79 Å². The predicted molar refractivity (Wildman–Crippen MR) is 90.3 cm³/mol. The zero-order valence-electron chi connectivity index (χ0n) is 12.9. The third kappa shape index (κ3) is 2.59. The lowest BCUT2D eigenvalue weighted by Crippen LogP contribution is -2.36. The van der Waals surface area contributed by atoms with Crippen molar-refractivity contribution in [2.24, 2.45) is 0 Å². The number of hydrogen-bond acceptors (Lipinski definition) is 6. The summed E-state index contributed by atoms with van der Waals surface area (Å²) in [4.78, 5) is 25.3. The van der Waals surface area contributed by atoms with Crippen LogP contribution in [-0.4, -0.2) is 46.4 Å². The van der Waals surface area contributed by atoms with Crippen molar-refractivity contribution in [3.63, 3.8) is 0 Å². The Bertz CT molecular complexity index is 948. The number of aromatic hydroxyl groups is 1. The second kappa shape index (κ2) is 5.93. The molecule has 1 saturated heterocycles. The van der Waals surface area contributed by atoms with E-state index in [2.05, 4.69) is 19.9 Å². The lowest BCUT2D eigenvalue weighted by Gasteiger charge is -2.28. The highest BCUT2D eigenvalue weighted by Crippen LogP contribution is 2.29. The van der Waals surface area contributed by atoms with Gasteiger partial charge in [0.25, 0.3) is 5.56 Å². The Hall–Kier alpha value is -2.93. The standard InChI is InChI=1S/C17H16N4O3/c22-14-9-11(8-12-16(14)18-10-19-17(12)23)13-2-1-3-15(20-13)21-4-6-24-7-5-21/h1-3,8-10,22H,4-7H2,(H,18,19,23). The zero-order chi connectivity index (χ0) is 16.5. The number of phenols is 1. The van der Waals surface area contributed by atoms with Gasteiger partial charge in [0, 0.05) is 18.7 Å². The maximum Gasteiger partial charge on any atom is 0.258 e. The molecule has 1 fully saturated rings. The number of fused-ring (bicyclic) bond motifs is 1. The molecule has 0 aliphatic carbocycles. The molecule has 7 nitrogen and oxygen atoms in total. The molecular weight excluding hydrogens is 308 g/mol. The summed E-state index contributed by atoms with van der Waals surface area (Å²) < 4.78 is 5.37. The first-order valence-corrected chi connectivity index (χ1v) is 7.73. The first-order chi connectivity index (χ1) is 11.7. The van der Waals surface area contributed by atoms with E-state index in [1.165, 1.54) is 6.33 Å². The van der Waals surface area contributed by atoms with Gasteiger partial charge in [0.1, 0.15) is 17.1 Å². The number of rotatable bonds is 2. The summed E-state index contributed by atoms with van der Waals surface area (Å²) in [5.74, 6) is 0.822. The SMILES string of the molecule is O=c1[nH]cnc2c(O)cc(-c3cccc(N4CCOCC4)n3)cc12. The van der Waals surface area contributed by atoms with Crippen molar-refractivity contribution >= 4 is 16.7 Å². The van der Waals surface area contributed by atoms with Crippen molar-refractivity contribution in [1.82, 2.24) is 15.0 Å². The van der Waals surface area contributed by atoms with Crippen LogP contribution >= 0.6 is 0 Å². The van der Waals surface area contributed by atoms with Gasteiger partial charge in [-0.25, -0.2) is 9.97 Å². The van der Waals surface area contributed by atoms with Crippen LogP contribution in [0.4, 0.5) is 5.82 Å². The van der Waals surface area contributed by atoms with Crippen LogP contribution in [0.25, 0.3) is 22.2 Å².